The first-order chi connectivity index (χ1) is 8.86. The highest BCUT2D eigenvalue weighted by atomic mass is 32.2. The van der Waals surface area contributed by atoms with Gasteiger partial charge in [0.05, 0.1) is 5.69 Å². The highest BCUT2D eigenvalue weighted by Gasteiger charge is 2.19. The maximum absolute atomic E-state index is 5.45. The maximum atomic E-state index is 5.45. The Labute approximate surface area is 116 Å². The number of nitrogens with one attached hydrogen (secondary N) is 1. The van der Waals surface area contributed by atoms with E-state index in [1.165, 1.54) is 35.6 Å². The quantitative estimate of drug-likeness (QED) is 0.826. The van der Waals surface area contributed by atoms with Crippen molar-refractivity contribution >= 4 is 24.0 Å². The standard InChI is InChI=1S/C14H16N2S2/c17-14-15-10-13(11-4-2-1-3-5-11)16(14)12-6-8-18-9-7-12/h1-5,10,12H,6-9H2,(H,15,17). The van der Waals surface area contributed by atoms with Gasteiger partial charge in [-0.05, 0) is 42.1 Å². The Morgan fingerprint density at radius 1 is 1.17 bits per heavy atom. The number of rotatable bonds is 2. The van der Waals surface area contributed by atoms with Crippen LogP contribution in [-0.4, -0.2) is 21.1 Å². The van der Waals surface area contributed by atoms with Gasteiger partial charge in [0.15, 0.2) is 4.77 Å². The summed E-state index contributed by atoms with van der Waals surface area (Å²) in [7, 11) is 0. The molecule has 0 aliphatic carbocycles. The summed E-state index contributed by atoms with van der Waals surface area (Å²) in [5, 5.41) is 0. The van der Waals surface area contributed by atoms with Crippen LogP contribution in [-0.2, 0) is 0 Å². The average Bonchev–Trinajstić information content (AvgIpc) is 2.83. The fourth-order valence-corrected chi connectivity index (χ4v) is 3.90. The van der Waals surface area contributed by atoms with Gasteiger partial charge in [0, 0.05) is 12.2 Å². The normalized spacial score (nSPS) is 16.9. The third-order valence-corrected chi connectivity index (χ3v) is 4.80. The van der Waals surface area contributed by atoms with E-state index in [1.807, 2.05) is 24.0 Å². The molecule has 0 bridgehead atoms. The van der Waals surface area contributed by atoms with Crippen LogP contribution in [0.25, 0.3) is 11.3 Å². The van der Waals surface area contributed by atoms with Gasteiger partial charge < -0.3 is 9.55 Å². The molecule has 1 aromatic carbocycles. The molecule has 2 aromatic rings. The first-order valence-electron chi connectivity index (χ1n) is 6.29. The number of aromatic nitrogens is 2. The average molecular weight is 276 g/mol. The van der Waals surface area contributed by atoms with Crippen LogP contribution in [0.1, 0.15) is 18.9 Å². The summed E-state index contributed by atoms with van der Waals surface area (Å²) in [6.45, 7) is 0. The van der Waals surface area contributed by atoms with Gasteiger partial charge in [0.25, 0.3) is 0 Å². The molecule has 0 saturated carbocycles. The first kappa shape index (κ1) is 12.1. The summed E-state index contributed by atoms with van der Waals surface area (Å²) in [5.41, 5.74) is 2.46. The lowest BCUT2D eigenvalue weighted by Gasteiger charge is -2.24. The first-order valence-corrected chi connectivity index (χ1v) is 7.85. The molecule has 0 radical (unpaired) electrons. The second-order valence-electron chi connectivity index (χ2n) is 4.56. The molecular weight excluding hydrogens is 260 g/mol. The predicted molar refractivity (Wildman–Crippen MR) is 80.6 cm³/mol. The van der Waals surface area contributed by atoms with Gasteiger partial charge in [0.1, 0.15) is 0 Å². The molecule has 4 heteroatoms. The minimum Gasteiger partial charge on any atom is -0.337 e. The second kappa shape index (κ2) is 5.33. The Balaban J connectivity index is 2.03. The van der Waals surface area contributed by atoms with Crippen molar-refractivity contribution < 1.29 is 0 Å². The minimum atomic E-state index is 0.556. The highest BCUT2D eigenvalue weighted by molar-refractivity contribution is 7.99. The molecule has 1 aliphatic rings. The number of hydrogen-bond donors (Lipinski definition) is 1. The van der Waals surface area contributed by atoms with E-state index < -0.39 is 0 Å². The molecule has 2 heterocycles. The molecule has 94 valence electrons. The number of nitrogens with zero attached hydrogens (tertiary/aromatic N) is 1. The van der Waals surface area contributed by atoms with Gasteiger partial charge in [-0.1, -0.05) is 30.3 Å². The van der Waals surface area contributed by atoms with Crippen molar-refractivity contribution in [2.24, 2.45) is 0 Å². The zero-order valence-electron chi connectivity index (χ0n) is 10.1. The zero-order chi connectivity index (χ0) is 12.4. The molecule has 1 saturated heterocycles. The van der Waals surface area contributed by atoms with Crippen LogP contribution in [0.3, 0.4) is 0 Å². The second-order valence-corrected chi connectivity index (χ2v) is 6.17. The summed E-state index contributed by atoms with van der Waals surface area (Å²) in [4.78, 5) is 3.20. The lowest BCUT2D eigenvalue weighted by Crippen LogP contribution is -2.16. The van der Waals surface area contributed by atoms with Crippen LogP contribution < -0.4 is 0 Å². The summed E-state index contributed by atoms with van der Waals surface area (Å²) < 4.78 is 3.16. The van der Waals surface area contributed by atoms with Gasteiger partial charge >= 0.3 is 0 Å². The molecular formula is C14H16N2S2. The summed E-state index contributed by atoms with van der Waals surface area (Å²) in [5.74, 6) is 2.48. The van der Waals surface area contributed by atoms with Crippen LogP contribution in [0.4, 0.5) is 0 Å². The largest absolute Gasteiger partial charge is 0.337 e. The number of benzene rings is 1. The Bertz CT molecular complexity index is 565. The monoisotopic (exact) mass is 276 g/mol. The Kier molecular flexibility index (Phi) is 3.57. The van der Waals surface area contributed by atoms with Gasteiger partial charge in [-0.15, -0.1) is 0 Å². The SMILES string of the molecule is S=c1[nH]cc(-c2ccccc2)n1C1CCSCC1. The van der Waals surface area contributed by atoms with E-state index in [-0.39, 0.29) is 0 Å². The number of aromatic amines is 1. The molecule has 1 N–H and O–H groups in total. The summed E-state index contributed by atoms with van der Waals surface area (Å²) in [6, 6.07) is 11.0. The van der Waals surface area contributed by atoms with E-state index in [1.54, 1.807) is 0 Å². The van der Waals surface area contributed by atoms with E-state index >= 15 is 0 Å². The van der Waals surface area contributed by atoms with Crippen LogP contribution in [0.2, 0.25) is 0 Å². The third-order valence-electron chi connectivity index (χ3n) is 3.44. The van der Waals surface area contributed by atoms with Gasteiger partial charge in [-0.25, -0.2) is 0 Å². The molecule has 0 atom stereocenters. The van der Waals surface area contributed by atoms with Crippen molar-refractivity contribution in [2.45, 2.75) is 18.9 Å². The van der Waals surface area contributed by atoms with Crippen molar-refractivity contribution in [2.75, 3.05) is 11.5 Å². The summed E-state index contributed by atoms with van der Waals surface area (Å²) >= 11 is 7.50. The molecule has 1 aliphatic heterocycles. The van der Waals surface area contributed by atoms with Crippen molar-refractivity contribution in [1.29, 1.82) is 0 Å². The van der Waals surface area contributed by atoms with Crippen LogP contribution in [0.15, 0.2) is 36.5 Å². The van der Waals surface area contributed by atoms with Crippen molar-refractivity contribution in [3.05, 3.63) is 41.3 Å². The van der Waals surface area contributed by atoms with Crippen LogP contribution >= 0.6 is 24.0 Å². The topological polar surface area (TPSA) is 20.7 Å². The molecule has 0 spiro atoms. The molecule has 1 fully saturated rings. The van der Waals surface area contributed by atoms with Gasteiger partial charge in [0.2, 0.25) is 0 Å². The third kappa shape index (κ3) is 2.27. The fraction of sp³-hybridized carbons (Fsp3) is 0.357. The number of thioether (sulfide) groups is 1. The lowest BCUT2D eigenvalue weighted by molar-refractivity contribution is 0.468. The Morgan fingerprint density at radius 3 is 2.61 bits per heavy atom. The Hall–Kier alpha value is -1.000. The van der Waals surface area contributed by atoms with E-state index in [2.05, 4.69) is 33.8 Å². The molecule has 3 rings (SSSR count). The van der Waals surface area contributed by atoms with Crippen LogP contribution in [0.5, 0.6) is 0 Å². The molecule has 18 heavy (non-hydrogen) atoms. The Morgan fingerprint density at radius 2 is 1.89 bits per heavy atom. The predicted octanol–water partition coefficient (Wildman–Crippen LogP) is 4.28. The van der Waals surface area contributed by atoms with E-state index in [9.17, 15) is 0 Å². The maximum Gasteiger partial charge on any atom is 0.177 e. The number of imidazole rings is 1. The van der Waals surface area contributed by atoms with E-state index in [0.29, 0.717) is 6.04 Å². The van der Waals surface area contributed by atoms with Crippen LogP contribution in [0, 0.1) is 4.77 Å². The molecule has 0 unspecified atom stereocenters. The molecule has 2 nitrogen and oxygen atoms in total. The molecule has 0 amide bonds. The smallest absolute Gasteiger partial charge is 0.177 e. The minimum absolute atomic E-state index is 0.556. The van der Waals surface area contributed by atoms with Crippen molar-refractivity contribution in [3.8, 4) is 11.3 Å². The number of hydrogen-bond acceptors (Lipinski definition) is 2. The van der Waals surface area contributed by atoms with Gasteiger partial charge in [-0.2, -0.15) is 11.8 Å². The lowest BCUT2D eigenvalue weighted by atomic mass is 10.1. The highest BCUT2D eigenvalue weighted by Crippen LogP contribution is 2.31. The number of H-pyrrole nitrogens is 1. The van der Waals surface area contributed by atoms with Crippen molar-refractivity contribution in [3.63, 3.8) is 0 Å². The summed E-state index contributed by atoms with van der Waals surface area (Å²) in [6.07, 6.45) is 4.48. The fourth-order valence-electron chi connectivity index (χ4n) is 2.52. The van der Waals surface area contributed by atoms with E-state index in [4.69, 9.17) is 12.2 Å². The zero-order valence-corrected chi connectivity index (χ0v) is 11.8. The van der Waals surface area contributed by atoms with Gasteiger partial charge in [-0.3, -0.25) is 0 Å². The molecule has 1 aromatic heterocycles. The van der Waals surface area contributed by atoms with Crippen molar-refractivity contribution in [1.82, 2.24) is 9.55 Å². The van der Waals surface area contributed by atoms with E-state index in [0.717, 1.165) is 4.77 Å².